The molecule has 4 fully saturated rings. The maximum absolute atomic E-state index is 11.8. The summed E-state index contributed by atoms with van der Waals surface area (Å²) in [6, 6.07) is 0. The summed E-state index contributed by atoms with van der Waals surface area (Å²) in [7, 11) is 1.79. The maximum Gasteiger partial charge on any atom is 0.331 e. The fraction of sp³-hybridized carbons (Fsp3) is 0.857. The van der Waals surface area contributed by atoms with Crippen molar-refractivity contribution in [3.63, 3.8) is 0 Å². The number of fused-ring (bicyclic) bond motifs is 5. The monoisotopic (exact) mass is 346 g/mol. The van der Waals surface area contributed by atoms with E-state index in [4.69, 9.17) is 9.47 Å². The quantitative estimate of drug-likeness (QED) is 0.780. The van der Waals surface area contributed by atoms with Gasteiger partial charge < -0.3 is 14.6 Å². The Labute approximate surface area is 150 Å². The second-order valence-electron chi connectivity index (χ2n) is 9.70. The normalized spacial score (nSPS) is 53.6. The number of ether oxygens (including phenoxy) is 2. The molecule has 5 rings (SSSR count). The van der Waals surface area contributed by atoms with E-state index in [1.165, 1.54) is 31.3 Å². The lowest BCUT2D eigenvalue weighted by molar-refractivity contribution is -0.143. The largest absolute Gasteiger partial charge is 0.455 e. The fourth-order valence-electron chi connectivity index (χ4n) is 8.04. The van der Waals surface area contributed by atoms with Crippen LogP contribution in [0.25, 0.3) is 0 Å². The zero-order valence-electron chi connectivity index (χ0n) is 15.4. The molecule has 1 aliphatic heterocycles. The first-order chi connectivity index (χ1) is 12.0. The summed E-state index contributed by atoms with van der Waals surface area (Å²) in [4.78, 5) is 11.8. The molecule has 25 heavy (non-hydrogen) atoms. The molecule has 138 valence electrons. The molecule has 2 bridgehead atoms. The van der Waals surface area contributed by atoms with Gasteiger partial charge in [-0.05, 0) is 85.5 Å². The first-order valence-corrected chi connectivity index (χ1v) is 10.0. The zero-order valence-corrected chi connectivity index (χ0v) is 15.4. The summed E-state index contributed by atoms with van der Waals surface area (Å²) < 4.78 is 11.5. The molecule has 0 radical (unpaired) electrons. The van der Waals surface area contributed by atoms with Crippen molar-refractivity contribution in [1.82, 2.24) is 0 Å². The highest BCUT2D eigenvalue weighted by Gasteiger charge is 2.67. The van der Waals surface area contributed by atoms with Gasteiger partial charge in [0, 0.05) is 13.2 Å². The van der Waals surface area contributed by atoms with Crippen LogP contribution in [0, 0.1) is 28.6 Å². The average molecular weight is 346 g/mol. The van der Waals surface area contributed by atoms with Crippen molar-refractivity contribution >= 4 is 5.97 Å². The molecule has 0 aromatic rings. The molecular weight excluding hydrogens is 316 g/mol. The molecule has 1 spiro atoms. The van der Waals surface area contributed by atoms with Gasteiger partial charge in [-0.25, -0.2) is 4.79 Å². The van der Waals surface area contributed by atoms with Crippen molar-refractivity contribution < 1.29 is 19.4 Å². The number of hydrogen-bond donors (Lipinski definition) is 1. The minimum atomic E-state index is -0.319. The van der Waals surface area contributed by atoms with Crippen LogP contribution in [-0.4, -0.2) is 36.5 Å². The lowest BCUT2D eigenvalue weighted by Gasteiger charge is -2.60. The van der Waals surface area contributed by atoms with Crippen LogP contribution in [0.2, 0.25) is 0 Å². The van der Waals surface area contributed by atoms with Crippen molar-refractivity contribution in [3.05, 3.63) is 11.6 Å². The van der Waals surface area contributed by atoms with E-state index in [0.29, 0.717) is 23.2 Å². The molecule has 4 heteroatoms. The molecule has 7 atom stereocenters. The Kier molecular flexibility index (Phi) is 3.33. The van der Waals surface area contributed by atoms with Crippen LogP contribution < -0.4 is 0 Å². The van der Waals surface area contributed by atoms with Gasteiger partial charge in [-0.1, -0.05) is 6.92 Å². The second-order valence-corrected chi connectivity index (χ2v) is 9.70. The Morgan fingerprint density at radius 3 is 2.88 bits per heavy atom. The number of carbonyl (C=O) groups excluding carboxylic acids is 1. The molecule has 4 saturated carbocycles. The topological polar surface area (TPSA) is 55.8 Å². The van der Waals surface area contributed by atoms with E-state index >= 15 is 0 Å². The molecule has 0 aromatic carbocycles. The number of carbonyl (C=O) groups is 1. The van der Waals surface area contributed by atoms with Crippen LogP contribution in [0.3, 0.4) is 0 Å². The van der Waals surface area contributed by atoms with E-state index in [9.17, 15) is 9.90 Å². The van der Waals surface area contributed by atoms with Crippen molar-refractivity contribution in [2.45, 2.75) is 70.0 Å². The fourth-order valence-corrected chi connectivity index (χ4v) is 8.04. The molecule has 0 aromatic heterocycles. The van der Waals surface area contributed by atoms with Crippen molar-refractivity contribution in [2.75, 3.05) is 13.7 Å². The maximum atomic E-state index is 11.8. The molecule has 4 aliphatic carbocycles. The summed E-state index contributed by atoms with van der Waals surface area (Å²) >= 11 is 0. The van der Waals surface area contributed by atoms with E-state index in [2.05, 4.69) is 6.92 Å². The van der Waals surface area contributed by atoms with Gasteiger partial charge in [0.1, 0.15) is 6.10 Å². The highest BCUT2D eigenvalue weighted by atomic mass is 16.5. The molecule has 4 nitrogen and oxygen atoms in total. The van der Waals surface area contributed by atoms with Gasteiger partial charge in [-0.2, -0.15) is 0 Å². The molecule has 1 N–H and O–H groups in total. The number of aliphatic hydroxyl groups is 1. The number of hydrogen-bond acceptors (Lipinski definition) is 4. The molecule has 0 saturated heterocycles. The molecule has 5 aliphatic rings. The minimum absolute atomic E-state index is 0.0510. The number of esters is 1. The van der Waals surface area contributed by atoms with Crippen molar-refractivity contribution in [1.29, 1.82) is 0 Å². The van der Waals surface area contributed by atoms with Crippen molar-refractivity contribution in [2.24, 2.45) is 28.6 Å². The van der Waals surface area contributed by atoms with Gasteiger partial charge in [0.15, 0.2) is 0 Å². The third kappa shape index (κ3) is 1.93. The molecular formula is C21H30O4. The Hall–Kier alpha value is -0.870. The van der Waals surface area contributed by atoms with E-state index in [0.717, 1.165) is 25.7 Å². The summed E-state index contributed by atoms with van der Waals surface area (Å²) in [5.41, 5.74) is 1.55. The highest BCUT2D eigenvalue weighted by Crippen LogP contribution is 2.72. The first kappa shape index (κ1) is 16.3. The van der Waals surface area contributed by atoms with Gasteiger partial charge in [0.05, 0.1) is 12.2 Å². The SMILES string of the molecule is COC1(CO)CC23CCC4C5=CC(=O)OC5CCC4(C)C2CCC1C3. The number of aliphatic hydroxyl groups excluding tert-OH is 1. The molecule has 0 amide bonds. The van der Waals surface area contributed by atoms with Crippen LogP contribution in [0.4, 0.5) is 0 Å². The number of rotatable bonds is 2. The third-order valence-corrected chi connectivity index (χ3v) is 9.05. The van der Waals surface area contributed by atoms with E-state index in [1.807, 2.05) is 0 Å². The average Bonchev–Trinajstić information content (AvgIpc) is 3.09. The Morgan fingerprint density at radius 2 is 2.12 bits per heavy atom. The van der Waals surface area contributed by atoms with Gasteiger partial charge in [-0.3, -0.25) is 0 Å². The van der Waals surface area contributed by atoms with Crippen LogP contribution in [0.1, 0.15) is 58.3 Å². The molecule has 7 unspecified atom stereocenters. The van der Waals surface area contributed by atoms with Crippen molar-refractivity contribution in [3.8, 4) is 0 Å². The number of methoxy groups -OCH3 is 1. The Balaban J connectivity index is 1.52. The lowest BCUT2D eigenvalue weighted by atomic mass is 9.44. The Morgan fingerprint density at radius 1 is 1.28 bits per heavy atom. The van der Waals surface area contributed by atoms with Gasteiger partial charge in [-0.15, -0.1) is 0 Å². The van der Waals surface area contributed by atoms with Gasteiger partial charge >= 0.3 is 5.97 Å². The summed E-state index contributed by atoms with van der Waals surface area (Å²) in [5, 5.41) is 10.1. The van der Waals surface area contributed by atoms with Gasteiger partial charge in [0.2, 0.25) is 0 Å². The van der Waals surface area contributed by atoms with E-state index in [-0.39, 0.29) is 29.7 Å². The smallest absolute Gasteiger partial charge is 0.331 e. The third-order valence-electron chi connectivity index (χ3n) is 9.05. The predicted molar refractivity (Wildman–Crippen MR) is 92.7 cm³/mol. The summed E-state index contributed by atoms with van der Waals surface area (Å²) in [6.07, 6.45) is 11.0. The van der Waals surface area contributed by atoms with E-state index in [1.54, 1.807) is 13.2 Å². The zero-order chi connectivity index (χ0) is 17.4. The minimum Gasteiger partial charge on any atom is -0.455 e. The van der Waals surface area contributed by atoms with Gasteiger partial charge in [0.25, 0.3) is 0 Å². The molecule has 1 heterocycles. The predicted octanol–water partition coefficient (Wildman–Crippen LogP) is 3.23. The standard InChI is InChI=1S/C21H30O4/c1-19-7-6-16-14(9-18(23)25-16)15(19)5-8-20-10-13(3-4-17(19)20)21(11-20,12-22)24-2/h9,13,15-17,22H,3-8,10-12H2,1-2H3. The summed E-state index contributed by atoms with van der Waals surface area (Å²) in [5.74, 6) is 1.55. The summed E-state index contributed by atoms with van der Waals surface area (Å²) in [6.45, 7) is 2.63. The lowest BCUT2D eigenvalue weighted by Crippen LogP contribution is -2.53. The second kappa shape index (κ2) is 5.10. The van der Waals surface area contributed by atoms with Crippen LogP contribution >= 0.6 is 0 Å². The first-order valence-electron chi connectivity index (χ1n) is 10.0. The van der Waals surface area contributed by atoms with Crippen LogP contribution in [0.5, 0.6) is 0 Å². The van der Waals surface area contributed by atoms with Crippen LogP contribution in [0.15, 0.2) is 11.6 Å². The highest BCUT2D eigenvalue weighted by molar-refractivity contribution is 5.86. The Bertz CT molecular complexity index is 636. The van der Waals surface area contributed by atoms with E-state index < -0.39 is 0 Å². The van der Waals surface area contributed by atoms with Crippen LogP contribution in [-0.2, 0) is 14.3 Å².